The first-order valence-electron chi connectivity index (χ1n) is 7.14. The number of hydrogen-bond acceptors (Lipinski definition) is 1. The second kappa shape index (κ2) is 6.92. The van der Waals surface area contributed by atoms with Crippen LogP contribution in [-0.2, 0) is 6.42 Å². The lowest BCUT2D eigenvalue weighted by Gasteiger charge is -2.16. The molecule has 20 heavy (non-hydrogen) atoms. The summed E-state index contributed by atoms with van der Waals surface area (Å²) in [6, 6.07) is 16.9. The van der Waals surface area contributed by atoms with Crippen molar-refractivity contribution in [3.05, 3.63) is 70.2 Å². The zero-order chi connectivity index (χ0) is 14.5. The van der Waals surface area contributed by atoms with E-state index in [2.05, 4.69) is 44.2 Å². The molecule has 2 rings (SSSR count). The van der Waals surface area contributed by atoms with Crippen LogP contribution < -0.4 is 5.73 Å². The molecular weight excluding hydrogens is 266 g/mol. The highest BCUT2D eigenvalue weighted by Gasteiger charge is 2.11. The van der Waals surface area contributed by atoms with Crippen molar-refractivity contribution in [1.82, 2.24) is 0 Å². The van der Waals surface area contributed by atoms with Crippen molar-refractivity contribution in [3.8, 4) is 0 Å². The lowest BCUT2D eigenvalue weighted by Crippen LogP contribution is -2.15. The van der Waals surface area contributed by atoms with Gasteiger partial charge in [0.05, 0.1) is 0 Å². The molecule has 0 bridgehead atoms. The Morgan fingerprint density at radius 3 is 2.25 bits per heavy atom. The van der Waals surface area contributed by atoms with Crippen LogP contribution in [0.3, 0.4) is 0 Å². The summed E-state index contributed by atoms with van der Waals surface area (Å²) >= 11 is 6.06. The summed E-state index contributed by atoms with van der Waals surface area (Å²) in [5, 5.41) is 0.774. The van der Waals surface area contributed by atoms with E-state index in [1.807, 2.05) is 18.2 Å². The molecule has 1 nitrogen and oxygen atoms in total. The molecule has 0 aliphatic rings. The average Bonchev–Trinajstić information content (AvgIpc) is 2.45. The largest absolute Gasteiger partial charge is 0.330 e. The molecule has 0 aliphatic carbocycles. The van der Waals surface area contributed by atoms with Gasteiger partial charge in [0, 0.05) is 10.9 Å². The topological polar surface area (TPSA) is 26.0 Å². The number of benzene rings is 2. The highest BCUT2D eigenvalue weighted by Crippen LogP contribution is 2.24. The normalized spacial score (nSPS) is 12.7. The fourth-order valence-electron chi connectivity index (χ4n) is 2.42. The molecule has 0 amide bonds. The van der Waals surface area contributed by atoms with Crippen molar-refractivity contribution in [1.29, 1.82) is 0 Å². The van der Waals surface area contributed by atoms with Gasteiger partial charge >= 0.3 is 0 Å². The molecule has 0 radical (unpaired) electrons. The van der Waals surface area contributed by atoms with Gasteiger partial charge in [-0.3, -0.25) is 0 Å². The highest BCUT2D eigenvalue weighted by atomic mass is 35.5. The molecule has 0 spiro atoms. The van der Waals surface area contributed by atoms with Gasteiger partial charge in [0.2, 0.25) is 0 Å². The van der Waals surface area contributed by atoms with Gasteiger partial charge < -0.3 is 5.73 Å². The number of halogens is 1. The van der Waals surface area contributed by atoms with Crippen molar-refractivity contribution >= 4 is 11.6 Å². The van der Waals surface area contributed by atoms with Gasteiger partial charge in [0.1, 0.15) is 0 Å². The maximum absolute atomic E-state index is 6.06. The van der Waals surface area contributed by atoms with E-state index in [4.69, 9.17) is 17.3 Å². The van der Waals surface area contributed by atoms with E-state index in [0.717, 1.165) is 11.4 Å². The smallest absolute Gasteiger partial charge is 0.0408 e. The van der Waals surface area contributed by atoms with Crippen LogP contribution in [-0.4, -0.2) is 6.54 Å². The lowest BCUT2D eigenvalue weighted by molar-refractivity contribution is 0.694. The first-order chi connectivity index (χ1) is 9.60. The Balaban J connectivity index is 2.14. The fourth-order valence-corrected chi connectivity index (χ4v) is 2.62. The van der Waals surface area contributed by atoms with Gasteiger partial charge in [-0.25, -0.2) is 0 Å². The Hall–Kier alpha value is -1.31. The summed E-state index contributed by atoms with van der Waals surface area (Å²) in [5.41, 5.74) is 9.85. The maximum Gasteiger partial charge on any atom is 0.0408 e. The molecule has 2 heteroatoms. The minimum Gasteiger partial charge on any atom is -0.330 e. The Bertz CT molecular complexity index is 546. The van der Waals surface area contributed by atoms with Crippen LogP contribution in [0.1, 0.15) is 42.4 Å². The van der Waals surface area contributed by atoms with Crippen LogP contribution in [0.5, 0.6) is 0 Å². The van der Waals surface area contributed by atoms with Gasteiger partial charge in [-0.1, -0.05) is 61.8 Å². The third-order valence-corrected chi connectivity index (χ3v) is 3.97. The molecule has 0 heterocycles. The SMILES string of the molecule is CC(C)c1ccc(CC(CN)c2cccc(Cl)c2)cc1. The summed E-state index contributed by atoms with van der Waals surface area (Å²) in [6.45, 7) is 5.06. The summed E-state index contributed by atoms with van der Waals surface area (Å²) in [6.07, 6.45) is 0.954. The molecule has 0 aliphatic heterocycles. The first kappa shape index (κ1) is 15.1. The highest BCUT2D eigenvalue weighted by molar-refractivity contribution is 6.30. The molecule has 2 aromatic rings. The van der Waals surface area contributed by atoms with Crippen LogP contribution in [0.25, 0.3) is 0 Å². The molecule has 0 saturated heterocycles. The van der Waals surface area contributed by atoms with Crippen molar-refractivity contribution < 1.29 is 0 Å². The minimum atomic E-state index is 0.318. The first-order valence-corrected chi connectivity index (χ1v) is 7.52. The van der Waals surface area contributed by atoms with Crippen molar-refractivity contribution in [2.24, 2.45) is 5.73 Å². The van der Waals surface area contributed by atoms with Crippen molar-refractivity contribution in [2.75, 3.05) is 6.54 Å². The van der Waals surface area contributed by atoms with Crippen LogP contribution in [0.15, 0.2) is 48.5 Å². The standard InChI is InChI=1S/C18H22ClN/c1-13(2)15-8-6-14(7-9-15)10-17(12-20)16-4-3-5-18(19)11-16/h3-9,11,13,17H,10,12,20H2,1-2H3. The van der Waals surface area contributed by atoms with E-state index >= 15 is 0 Å². The van der Waals surface area contributed by atoms with Crippen LogP contribution in [0.4, 0.5) is 0 Å². The molecule has 0 aromatic heterocycles. The van der Waals surface area contributed by atoms with E-state index in [0.29, 0.717) is 18.4 Å². The minimum absolute atomic E-state index is 0.318. The fraction of sp³-hybridized carbons (Fsp3) is 0.333. The van der Waals surface area contributed by atoms with E-state index in [1.54, 1.807) is 0 Å². The molecule has 0 saturated carbocycles. The number of rotatable bonds is 5. The Morgan fingerprint density at radius 1 is 1.00 bits per heavy atom. The summed E-state index contributed by atoms with van der Waals surface area (Å²) in [7, 11) is 0. The third-order valence-electron chi connectivity index (χ3n) is 3.73. The van der Waals surface area contributed by atoms with E-state index in [1.165, 1.54) is 16.7 Å². The lowest BCUT2D eigenvalue weighted by atomic mass is 9.91. The molecule has 106 valence electrons. The van der Waals surface area contributed by atoms with Crippen molar-refractivity contribution in [3.63, 3.8) is 0 Å². The second-order valence-corrected chi connectivity index (χ2v) is 6.02. The number of nitrogens with two attached hydrogens (primary N) is 1. The Labute approximate surface area is 126 Å². The van der Waals surface area contributed by atoms with E-state index in [-0.39, 0.29) is 0 Å². The van der Waals surface area contributed by atoms with E-state index in [9.17, 15) is 0 Å². The summed E-state index contributed by atoms with van der Waals surface area (Å²) in [4.78, 5) is 0. The molecule has 2 N–H and O–H groups in total. The average molecular weight is 288 g/mol. The summed E-state index contributed by atoms with van der Waals surface area (Å²) < 4.78 is 0. The monoisotopic (exact) mass is 287 g/mol. The third kappa shape index (κ3) is 3.84. The molecule has 1 atom stereocenters. The van der Waals surface area contributed by atoms with Gasteiger partial charge in [-0.2, -0.15) is 0 Å². The zero-order valence-electron chi connectivity index (χ0n) is 12.1. The molecule has 2 aromatic carbocycles. The van der Waals surface area contributed by atoms with Crippen LogP contribution in [0, 0.1) is 0 Å². The van der Waals surface area contributed by atoms with Crippen LogP contribution >= 0.6 is 11.6 Å². The van der Waals surface area contributed by atoms with Crippen molar-refractivity contribution in [2.45, 2.75) is 32.1 Å². The molecule has 1 unspecified atom stereocenters. The summed E-state index contributed by atoms with van der Waals surface area (Å²) in [5.74, 6) is 0.890. The zero-order valence-corrected chi connectivity index (χ0v) is 12.9. The van der Waals surface area contributed by atoms with Gasteiger partial charge in [0.25, 0.3) is 0 Å². The molecule has 0 fully saturated rings. The van der Waals surface area contributed by atoms with Crippen LogP contribution in [0.2, 0.25) is 5.02 Å². The quantitative estimate of drug-likeness (QED) is 0.844. The predicted molar refractivity (Wildman–Crippen MR) is 87.5 cm³/mol. The predicted octanol–water partition coefficient (Wildman–Crippen LogP) is 4.75. The van der Waals surface area contributed by atoms with Gasteiger partial charge in [-0.15, -0.1) is 0 Å². The maximum atomic E-state index is 6.06. The Morgan fingerprint density at radius 2 is 1.70 bits per heavy atom. The molecular formula is C18H22ClN. The Kier molecular flexibility index (Phi) is 5.22. The number of hydrogen-bond donors (Lipinski definition) is 1. The van der Waals surface area contributed by atoms with Gasteiger partial charge in [0.15, 0.2) is 0 Å². The van der Waals surface area contributed by atoms with E-state index < -0.39 is 0 Å². The van der Waals surface area contributed by atoms with Gasteiger partial charge in [-0.05, 0) is 47.7 Å². The second-order valence-electron chi connectivity index (χ2n) is 5.59.